The Morgan fingerprint density at radius 2 is 2.10 bits per heavy atom. The quantitative estimate of drug-likeness (QED) is 0.778. The average molecular weight is 326 g/mol. The van der Waals surface area contributed by atoms with Crippen LogP contribution in [0.25, 0.3) is 0 Å². The molecule has 0 atom stereocenters. The predicted octanol–water partition coefficient (Wildman–Crippen LogP) is 4.03. The lowest BCUT2D eigenvalue weighted by Crippen LogP contribution is -2.34. The summed E-state index contributed by atoms with van der Waals surface area (Å²) < 4.78 is 5.43. The van der Waals surface area contributed by atoms with Gasteiger partial charge in [-0.1, -0.05) is 36.7 Å². The van der Waals surface area contributed by atoms with E-state index in [4.69, 9.17) is 21.9 Å². The second kappa shape index (κ2) is 7.29. The van der Waals surface area contributed by atoms with Crippen LogP contribution in [0.1, 0.15) is 38.4 Å². The third kappa shape index (κ3) is 3.78. The van der Waals surface area contributed by atoms with E-state index in [0.29, 0.717) is 24.0 Å². The molecule has 2 aromatic rings. The second-order valence-electron chi connectivity index (χ2n) is 4.95. The molecule has 0 aliphatic heterocycles. The summed E-state index contributed by atoms with van der Waals surface area (Å²) in [5.41, 5.74) is 5.70. The van der Waals surface area contributed by atoms with Crippen molar-refractivity contribution in [1.29, 1.82) is 0 Å². The van der Waals surface area contributed by atoms with Crippen molar-refractivity contribution in [3.05, 3.63) is 41.0 Å². The van der Waals surface area contributed by atoms with Gasteiger partial charge in [-0.3, -0.25) is 0 Å². The third-order valence-corrected chi connectivity index (χ3v) is 5.05. The molecule has 0 aliphatic carbocycles. The van der Waals surface area contributed by atoms with Crippen molar-refractivity contribution >= 4 is 23.4 Å². The second-order valence-corrected chi connectivity index (χ2v) is 6.44. The van der Waals surface area contributed by atoms with Gasteiger partial charge in [-0.2, -0.15) is 4.98 Å². The number of aromatic nitrogens is 2. The monoisotopic (exact) mass is 325 g/mol. The highest BCUT2D eigenvalue weighted by Crippen LogP contribution is 2.30. The Labute approximate surface area is 134 Å². The van der Waals surface area contributed by atoms with E-state index in [2.05, 4.69) is 24.0 Å². The highest BCUT2D eigenvalue weighted by molar-refractivity contribution is 7.98. The van der Waals surface area contributed by atoms with Gasteiger partial charge in [-0.05, 0) is 31.0 Å². The molecule has 2 rings (SSSR count). The summed E-state index contributed by atoms with van der Waals surface area (Å²) in [6.45, 7) is 4.71. The first-order valence-corrected chi connectivity index (χ1v) is 8.41. The van der Waals surface area contributed by atoms with Crippen LogP contribution in [-0.2, 0) is 11.2 Å². The standard InChI is InChI=1S/C15H20ClN3OS/c1-3-15(4-2,10-17)14-18-13(19-20-14)9-21-12-7-5-6-11(16)8-12/h5-8H,3-4,9-10,17H2,1-2H3. The number of thioether (sulfide) groups is 1. The van der Waals surface area contributed by atoms with E-state index in [0.717, 1.165) is 22.8 Å². The third-order valence-electron chi connectivity index (χ3n) is 3.83. The van der Waals surface area contributed by atoms with Gasteiger partial charge in [-0.25, -0.2) is 0 Å². The van der Waals surface area contributed by atoms with Crippen LogP contribution in [0.3, 0.4) is 0 Å². The van der Waals surface area contributed by atoms with Gasteiger partial charge in [-0.15, -0.1) is 11.8 Å². The van der Waals surface area contributed by atoms with Crippen LogP contribution in [-0.4, -0.2) is 16.7 Å². The first-order valence-electron chi connectivity index (χ1n) is 7.05. The smallest absolute Gasteiger partial charge is 0.234 e. The van der Waals surface area contributed by atoms with Gasteiger partial charge in [0.2, 0.25) is 5.89 Å². The maximum atomic E-state index is 5.97. The van der Waals surface area contributed by atoms with E-state index in [9.17, 15) is 0 Å². The van der Waals surface area contributed by atoms with E-state index in [-0.39, 0.29) is 5.41 Å². The Kier molecular flexibility index (Phi) is 5.67. The highest BCUT2D eigenvalue weighted by atomic mass is 35.5. The molecular formula is C15H20ClN3OS. The summed E-state index contributed by atoms with van der Waals surface area (Å²) in [6.07, 6.45) is 1.78. The van der Waals surface area contributed by atoms with Crippen molar-refractivity contribution in [1.82, 2.24) is 10.1 Å². The molecule has 1 aromatic carbocycles. The molecule has 0 spiro atoms. The largest absolute Gasteiger partial charge is 0.339 e. The Bertz CT molecular complexity index is 576. The summed E-state index contributed by atoms with van der Waals surface area (Å²) in [5.74, 6) is 1.99. The zero-order valence-corrected chi connectivity index (χ0v) is 13.9. The number of benzene rings is 1. The zero-order valence-electron chi connectivity index (χ0n) is 12.3. The Balaban J connectivity index is 2.06. The van der Waals surface area contributed by atoms with E-state index in [1.165, 1.54) is 0 Å². The Morgan fingerprint density at radius 1 is 1.33 bits per heavy atom. The number of halogens is 1. The maximum absolute atomic E-state index is 5.97. The Hall–Kier alpha value is -1.04. The fraction of sp³-hybridized carbons (Fsp3) is 0.467. The van der Waals surface area contributed by atoms with Gasteiger partial charge in [0, 0.05) is 16.5 Å². The van der Waals surface area contributed by atoms with E-state index < -0.39 is 0 Å². The van der Waals surface area contributed by atoms with Crippen molar-refractivity contribution in [2.24, 2.45) is 5.73 Å². The van der Waals surface area contributed by atoms with Crippen molar-refractivity contribution in [3.8, 4) is 0 Å². The minimum atomic E-state index is -0.202. The number of nitrogens with two attached hydrogens (primary N) is 1. The fourth-order valence-corrected chi connectivity index (χ4v) is 3.21. The summed E-state index contributed by atoms with van der Waals surface area (Å²) in [5, 5.41) is 4.80. The van der Waals surface area contributed by atoms with Gasteiger partial charge < -0.3 is 10.3 Å². The van der Waals surface area contributed by atoms with Gasteiger partial charge in [0.15, 0.2) is 5.82 Å². The molecule has 0 saturated heterocycles. The molecule has 0 radical (unpaired) electrons. The average Bonchev–Trinajstić information content (AvgIpc) is 2.97. The number of rotatable bonds is 7. The fourth-order valence-electron chi connectivity index (χ4n) is 2.16. The van der Waals surface area contributed by atoms with Gasteiger partial charge in [0.1, 0.15) is 0 Å². The summed E-state index contributed by atoms with van der Waals surface area (Å²) in [6, 6.07) is 7.73. The predicted molar refractivity (Wildman–Crippen MR) is 86.6 cm³/mol. The molecule has 114 valence electrons. The lowest BCUT2D eigenvalue weighted by Gasteiger charge is -2.24. The topological polar surface area (TPSA) is 64.9 Å². The molecule has 0 aliphatic rings. The molecule has 0 fully saturated rings. The van der Waals surface area contributed by atoms with Crippen molar-refractivity contribution < 1.29 is 4.52 Å². The van der Waals surface area contributed by atoms with Crippen LogP contribution in [0.15, 0.2) is 33.7 Å². The molecule has 0 saturated carbocycles. The minimum Gasteiger partial charge on any atom is -0.339 e. The van der Waals surface area contributed by atoms with Crippen LogP contribution >= 0.6 is 23.4 Å². The van der Waals surface area contributed by atoms with Crippen LogP contribution in [0.5, 0.6) is 0 Å². The number of hydrogen-bond donors (Lipinski definition) is 1. The van der Waals surface area contributed by atoms with Gasteiger partial charge in [0.25, 0.3) is 0 Å². The summed E-state index contributed by atoms with van der Waals surface area (Å²) in [7, 11) is 0. The van der Waals surface area contributed by atoms with E-state index >= 15 is 0 Å². The zero-order chi connectivity index (χ0) is 15.3. The molecular weight excluding hydrogens is 306 g/mol. The first kappa shape index (κ1) is 16.3. The molecule has 0 bridgehead atoms. The van der Waals surface area contributed by atoms with E-state index in [1.54, 1.807) is 11.8 Å². The molecule has 1 aromatic heterocycles. The van der Waals surface area contributed by atoms with Crippen LogP contribution in [0, 0.1) is 0 Å². The van der Waals surface area contributed by atoms with Crippen molar-refractivity contribution in [3.63, 3.8) is 0 Å². The molecule has 1 heterocycles. The van der Waals surface area contributed by atoms with Crippen LogP contribution in [0.4, 0.5) is 0 Å². The van der Waals surface area contributed by atoms with Crippen molar-refractivity contribution in [2.45, 2.75) is 42.8 Å². The van der Waals surface area contributed by atoms with E-state index in [1.807, 2.05) is 24.3 Å². The van der Waals surface area contributed by atoms with Gasteiger partial charge in [0.05, 0.1) is 11.2 Å². The Morgan fingerprint density at radius 3 is 2.71 bits per heavy atom. The molecule has 6 heteroatoms. The van der Waals surface area contributed by atoms with Crippen LogP contribution in [0.2, 0.25) is 5.02 Å². The molecule has 4 nitrogen and oxygen atoms in total. The number of hydrogen-bond acceptors (Lipinski definition) is 5. The number of nitrogens with zero attached hydrogens (tertiary/aromatic N) is 2. The normalized spacial score (nSPS) is 11.8. The lowest BCUT2D eigenvalue weighted by molar-refractivity contribution is 0.266. The van der Waals surface area contributed by atoms with Crippen LogP contribution < -0.4 is 5.73 Å². The highest BCUT2D eigenvalue weighted by Gasteiger charge is 2.33. The lowest BCUT2D eigenvalue weighted by atomic mass is 9.82. The first-order chi connectivity index (χ1) is 10.1. The molecule has 0 unspecified atom stereocenters. The summed E-state index contributed by atoms with van der Waals surface area (Å²) in [4.78, 5) is 5.61. The molecule has 21 heavy (non-hydrogen) atoms. The SMILES string of the molecule is CCC(CC)(CN)c1nc(CSc2cccc(Cl)c2)no1. The van der Waals surface area contributed by atoms with Gasteiger partial charge >= 0.3 is 0 Å². The molecule has 0 amide bonds. The van der Waals surface area contributed by atoms with Crippen molar-refractivity contribution in [2.75, 3.05) is 6.54 Å². The molecule has 2 N–H and O–H groups in total. The minimum absolute atomic E-state index is 0.202. The summed E-state index contributed by atoms with van der Waals surface area (Å²) >= 11 is 7.60. The maximum Gasteiger partial charge on any atom is 0.234 e.